The Balaban J connectivity index is 2.19. The average molecular weight is 228 g/mol. The molecule has 1 saturated carbocycles. The van der Waals surface area contributed by atoms with Gasteiger partial charge < -0.3 is 9.64 Å². The highest BCUT2D eigenvalue weighted by molar-refractivity contribution is 6.10. The Morgan fingerprint density at radius 3 is 2.94 bits per heavy atom. The van der Waals surface area contributed by atoms with E-state index >= 15 is 0 Å². The summed E-state index contributed by atoms with van der Waals surface area (Å²) in [5.74, 6) is 0.577. The van der Waals surface area contributed by atoms with Gasteiger partial charge in [0.1, 0.15) is 5.75 Å². The van der Waals surface area contributed by atoms with Crippen LogP contribution in [-0.4, -0.2) is 20.1 Å². The second-order valence-corrected chi connectivity index (χ2v) is 4.60. The topological polar surface area (TPSA) is 53.3 Å². The van der Waals surface area contributed by atoms with Gasteiger partial charge in [0, 0.05) is 12.7 Å². The number of ether oxygens (including phenoxy) is 1. The molecule has 86 valence electrons. The van der Waals surface area contributed by atoms with Crippen molar-refractivity contribution in [2.45, 2.75) is 11.8 Å². The number of nitrogens with zero attached hydrogens (tertiary/aromatic N) is 2. The van der Waals surface area contributed by atoms with E-state index in [2.05, 4.69) is 6.07 Å². The van der Waals surface area contributed by atoms with Crippen LogP contribution < -0.4 is 9.64 Å². The average Bonchev–Trinajstić information content (AvgIpc) is 3.07. The number of likely N-dealkylation sites (N-methyl/N-ethyl adjacent to an activating group) is 1. The van der Waals surface area contributed by atoms with Gasteiger partial charge >= 0.3 is 0 Å². The molecule has 1 fully saturated rings. The van der Waals surface area contributed by atoms with E-state index in [1.54, 1.807) is 19.1 Å². The first-order chi connectivity index (χ1) is 8.15. The normalized spacial score (nSPS) is 29.1. The molecule has 1 aromatic carbocycles. The number of benzene rings is 1. The quantitative estimate of drug-likeness (QED) is 0.731. The third-order valence-electron chi connectivity index (χ3n) is 3.85. The van der Waals surface area contributed by atoms with Crippen molar-refractivity contribution in [2.75, 3.05) is 19.1 Å². The maximum atomic E-state index is 12.2. The van der Waals surface area contributed by atoms with Gasteiger partial charge in [-0.15, -0.1) is 0 Å². The molecule has 0 aromatic heterocycles. The zero-order valence-electron chi connectivity index (χ0n) is 9.73. The monoisotopic (exact) mass is 228 g/mol. The smallest absolute Gasteiger partial charge is 0.238 e. The minimum absolute atomic E-state index is 0.0345. The molecule has 0 radical (unpaired) electrons. The van der Waals surface area contributed by atoms with E-state index in [1.807, 2.05) is 18.2 Å². The highest BCUT2D eigenvalue weighted by Gasteiger charge is 2.67. The number of carbonyl (C=O) groups excluding carboxylic acids is 1. The van der Waals surface area contributed by atoms with E-state index in [9.17, 15) is 4.79 Å². The first kappa shape index (κ1) is 10.2. The van der Waals surface area contributed by atoms with Crippen LogP contribution in [0.25, 0.3) is 0 Å². The number of methoxy groups -OCH3 is 1. The van der Waals surface area contributed by atoms with Crippen molar-refractivity contribution in [3.63, 3.8) is 0 Å². The van der Waals surface area contributed by atoms with E-state index in [1.165, 1.54) is 0 Å². The van der Waals surface area contributed by atoms with Crippen molar-refractivity contribution < 1.29 is 9.53 Å². The molecule has 4 heteroatoms. The lowest BCUT2D eigenvalue weighted by molar-refractivity contribution is -0.120. The number of fused-ring (bicyclic) bond motifs is 2. The fourth-order valence-corrected chi connectivity index (χ4v) is 2.77. The predicted molar refractivity (Wildman–Crippen MR) is 61.8 cm³/mol. The van der Waals surface area contributed by atoms with Crippen LogP contribution in [0.2, 0.25) is 0 Å². The van der Waals surface area contributed by atoms with Gasteiger partial charge in [-0.2, -0.15) is 5.26 Å². The molecular formula is C13H12N2O2. The Labute approximate surface area is 99.4 Å². The number of anilines is 1. The van der Waals surface area contributed by atoms with Crippen molar-refractivity contribution in [1.29, 1.82) is 5.26 Å². The van der Waals surface area contributed by atoms with Crippen molar-refractivity contribution in [2.24, 2.45) is 5.92 Å². The SMILES string of the molecule is COc1ccc2c(c1)[C@@]1(C[C@H]1C#N)C(=O)N2C. The highest BCUT2D eigenvalue weighted by atomic mass is 16.5. The molecular weight excluding hydrogens is 216 g/mol. The number of hydrogen-bond acceptors (Lipinski definition) is 3. The van der Waals surface area contributed by atoms with Crippen LogP contribution in [0.3, 0.4) is 0 Å². The van der Waals surface area contributed by atoms with Gasteiger partial charge in [0.05, 0.1) is 24.5 Å². The van der Waals surface area contributed by atoms with E-state index in [0.29, 0.717) is 6.42 Å². The fourth-order valence-electron chi connectivity index (χ4n) is 2.77. The molecule has 0 saturated heterocycles. The number of hydrogen-bond donors (Lipinski definition) is 0. The van der Waals surface area contributed by atoms with E-state index in [-0.39, 0.29) is 11.8 Å². The van der Waals surface area contributed by atoms with Crippen molar-refractivity contribution in [1.82, 2.24) is 0 Å². The second kappa shape index (κ2) is 3.01. The maximum Gasteiger partial charge on any atom is 0.238 e. The van der Waals surface area contributed by atoms with E-state index < -0.39 is 5.41 Å². The summed E-state index contributed by atoms with van der Waals surface area (Å²) in [6.45, 7) is 0. The van der Waals surface area contributed by atoms with Crippen LogP contribution in [0.1, 0.15) is 12.0 Å². The number of carbonyl (C=O) groups is 1. The summed E-state index contributed by atoms with van der Waals surface area (Å²) in [5, 5.41) is 9.04. The molecule has 4 nitrogen and oxygen atoms in total. The van der Waals surface area contributed by atoms with Gasteiger partial charge in [-0.25, -0.2) is 0 Å². The third kappa shape index (κ3) is 1.04. The lowest BCUT2D eigenvalue weighted by Crippen LogP contribution is -2.29. The molecule has 2 aliphatic rings. The van der Waals surface area contributed by atoms with Gasteiger partial charge in [0.2, 0.25) is 5.91 Å². The summed E-state index contributed by atoms with van der Waals surface area (Å²) in [6.07, 6.45) is 0.632. The molecule has 0 bridgehead atoms. The molecule has 0 N–H and O–H groups in total. The number of amides is 1. The number of nitriles is 1. The molecule has 2 atom stereocenters. The largest absolute Gasteiger partial charge is 0.497 e. The molecule has 3 rings (SSSR count). The van der Waals surface area contributed by atoms with Gasteiger partial charge in [-0.1, -0.05) is 0 Å². The van der Waals surface area contributed by atoms with Crippen molar-refractivity contribution >= 4 is 11.6 Å². The van der Waals surface area contributed by atoms with Gasteiger partial charge in [-0.3, -0.25) is 4.79 Å². The van der Waals surface area contributed by atoms with E-state index in [4.69, 9.17) is 10.00 Å². The van der Waals surface area contributed by atoms with Crippen LogP contribution in [0.5, 0.6) is 5.75 Å². The van der Waals surface area contributed by atoms with Crippen molar-refractivity contribution in [3.8, 4) is 11.8 Å². The zero-order chi connectivity index (χ0) is 12.2. The Morgan fingerprint density at radius 1 is 1.59 bits per heavy atom. The molecule has 1 spiro atoms. The minimum atomic E-state index is -0.590. The summed E-state index contributed by atoms with van der Waals surface area (Å²) in [7, 11) is 3.36. The molecule has 17 heavy (non-hydrogen) atoms. The summed E-state index contributed by atoms with van der Waals surface area (Å²) in [5.41, 5.74) is 1.25. The van der Waals surface area contributed by atoms with Crippen LogP contribution in [0.15, 0.2) is 18.2 Å². The van der Waals surface area contributed by atoms with Gasteiger partial charge in [-0.05, 0) is 30.2 Å². The second-order valence-electron chi connectivity index (χ2n) is 4.60. The maximum absolute atomic E-state index is 12.2. The Kier molecular flexibility index (Phi) is 1.80. The molecule has 1 aliphatic heterocycles. The van der Waals surface area contributed by atoms with Crippen molar-refractivity contribution in [3.05, 3.63) is 23.8 Å². The lowest BCUT2D eigenvalue weighted by atomic mass is 9.95. The molecule has 1 heterocycles. The summed E-state index contributed by atoms with van der Waals surface area (Å²) in [6, 6.07) is 7.82. The molecule has 1 aromatic rings. The summed E-state index contributed by atoms with van der Waals surface area (Å²) >= 11 is 0. The minimum Gasteiger partial charge on any atom is -0.497 e. The standard InChI is InChI=1S/C13H12N2O2/c1-15-11-4-3-9(17-2)5-10(11)13(12(15)16)6-8(13)7-14/h3-5,8H,6H2,1-2H3/t8-,13-/m0/s1. The first-order valence-corrected chi connectivity index (χ1v) is 5.51. The van der Waals surface area contributed by atoms with Crippen LogP contribution >= 0.6 is 0 Å². The Morgan fingerprint density at radius 2 is 2.35 bits per heavy atom. The predicted octanol–water partition coefficient (Wildman–Crippen LogP) is 1.45. The molecule has 0 unspecified atom stereocenters. The molecule has 1 amide bonds. The van der Waals surface area contributed by atoms with Gasteiger partial charge in [0.15, 0.2) is 0 Å². The van der Waals surface area contributed by atoms with Gasteiger partial charge in [0.25, 0.3) is 0 Å². The fraction of sp³-hybridized carbons (Fsp3) is 0.385. The highest BCUT2D eigenvalue weighted by Crippen LogP contribution is 2.61. The zero-order valence-corrected chi connectivity index (χ0v) is 9.73. The first-order valence-electron chi connectivity index (χ1n) is 5.51. The summed E-state index contributed by atoms with van der Waals surface area (Å²) in [4.78, 5) is 13.9. The third-order valence-corrected chi connectivity index (χ3v) is 3.85. The van der Waals surface area contributed by atoms with Crippen LogP contribution in [0, 0.1) is 17.2 Å². The van der Waals surface area contributed by atoms with Crippen LogP contribution in [0.4, 0.5) is 5.69 Å². The Bertz CT molecular complexity index is 561. The number of rotatable bonds is 1. The Hall–Kier alpha value is -2.02. The van der Waals surface area contributed by atoms with Crippen LogP contribution in [-0.2, 0) is 10.2 Å². The molecule has 1 aliphatic carbocycles. The summed E-state index contributed by atoms with van der Waals surface area (Å²) < 4.78 is 5.19. The van der Waals surface area contributed by atoms with E-state index in [0.717, 1.165) is 17.0 Å². The lowest BCUT2D eigenvalue weighted by Gasteiger charge is -2.09.